The van der Waals surface area contributed by atoms with Crippen LogP contribution in [0.15, 0.2) is 22.8 Å². The topological polar surface area (TPSA) is 92.5 Å². The van der Waals surface area contributed by atoms with Gasteiger partial charge < -0.3 is 19.2 Å². The lowest BCUT2D eigenvalue weighted by molar-refractivity contribution is 0.0600. The third-order valence-corrected chi connectivity index (χ3v) is 2.56. The summed E-state index contributed by atoms with van der Waals surface area (Å²) in [6, 6.07) is 3.20. The van der Waals surface area contributed by atoms with Crippen LogP contribution >= 0.6 is 0 Å². The van der Waals surface area contributed by atoms with E-state index < -0.39 is 11.9 Å². The number of carboxylic acids is 1. The van der Waals surface area contributed by atoms with Crippen LogP contribution in [0.3, 0.4) is 0 Å². The molecule has 0 fully saturated rings. The van der Waals surface area contributed by atoms with E-state index in [4.69, 9.17) is 9.52 Å². The van der Waals surface area contributed by atoms with Crippen molar-refractivity contribution in [3.63, 3.8) is 0 Å². The van der Waals surface area contributed by atoms with Gasteiger partial charge in [0, 0.05) is 5.69 Å². The third kappa shape index (κ3) is 1.77. The van der Waals surface area contributed by atoms with Gasteiger partial charge in [0.05, 0.1) is 24.5 Å². The first-order valence-electron chi connectivity index (χ1n) is 5.14. The number of hydrogen-bond donors (Lipinski definition) is 2. The van der Waals surface area contributed by atoms with E-state index in [9.17, 15) is 9.59 Å². The fraction of sp³-hybridized carbons (Fsp3) is 0.167. The molecule has 0 aliphatic carbocycles. The molecule has 0 amide bonds. The minimum absolute atomic E-state index is 0.0946. The van der Waals surface area contributed by atoms with Gasteiger partial charge in [-0.2, -0.15) is 0 Å². The minimum atomic E-state index is -1.17. The molecule has 0 aromatic carbocycles. The lowest BCUT2D eigenvalue weighted by Crippen LogP contribution is -2.04. The standard InChI is InChI=1S/C12H11NO5/c1-6-8(12(16)17-2)9(7-4-3-5-18-7)10(13-6)11(14)15/h3-5,13H,1-2H3,(H,14,15). The van der Waals surface area contributed by atoms with Gasteiger partial charge in [-0.15, -0.1) is 0 Å². The van der Waals surface area contributed by atoms with Gasteiger partial charge in [0.1, 0.15) is 11.5 Å². The predicted molar refractivity (Wildman–Crippen MR) is 61.5 cm³/mol. The van der Waals surface area contributed by atoms with Crippen LogP contribution in [0.1, 0.15) is 26.5 Å². The summed E-state index contributed by atoms with van der Waals surface area (Å²) in [7, 11) is 1.24. The molecule has 6 heteroatoms. The second-order valence-electron chi connectivity index (χ2n) is 3.65. The SMILES string of the molecule is COC(=O)c1c(C)[nH]c(C(=O)O)c1-c1ccco1. The summed E-state index contributed by atoms with van der Waals surface area (Å²) < 4.78 is 9.82. The van der Waals surface area contributed by atoms with Crippen molar-refractivity contribution in [1.29, 1.82) is 0 Å². The molecule has 0 spiro atoms. The van der Waals surface area contributed by atoms with E-state index in [0.29, 0.717) is 11.5 Å². The van der Waals surface area contributed by atoms with Crippen molar-refractivity contribution >= 4 is 11.9 Å². The van der Waals surface area contributed by atoms with Crippen LogP contribution in [0.25, 0.3) is 11.3 Å². The number of carbonyl (C=O) groups excluding carboxylic acids is 1. The molecule has 2 rings (SSSR count). The number of methoxy groups -OCH3 is 1. The molecule has 94 valence electrons. The highest BCUT2D eigenvalue weighted by Gasteiger charge is 2.27. The Morgan fingerprint density at radius 3 is 2.67 bits per heavy atom. The van der Waals surface area contributed by atoms with Crippen LogP contribution in [-0.4, -0.2) is 29.1 Å². The van der Waals surface area contributed by atoms with Gasteiger partial charge in [0.2, 0.25) is 0 Å². The summed E-state index contributed by atoms with van der Waals surface area (Å²) in [5.41, 5.74) is 0.704. The van der Waals surface area contributed by atoms with Gasteiger partial charge in [-0.05, 0) is 19.1 Å². The van der Waals surface area contributed by atoms with Crippen molar-refractivity contribution < 1.29 is 23.8 Å². The molecular weight excluding hydrogens is 238 g/mol. The molecule has 2 heterocycles. The molecule has 2 N–H and O–H groups in total. The molecule has 0 aliphatic rings. The molecule has 0 radical (unpaired) electrons. The largest absolute Gasteiger partial charge is 0.477 e. The van der Waals surface area contributed by atoms with E-state index in [1.807, 2.05) is 0 Å². The lowest BCUT2D eigenvalue weighted by Gasteiger charge is -2.01. The first kappa shape index (κ1) is 12.0. The maximum absolute atomic E-state index is 11.7. The smallest absolute Gasteiger partial charge is 0.353 e. The first-order valence-corrected chi connectivity index (χ1v) is 5.14. The number of rotatable bonds is 3. The second kappa shape index (κ2) is 4.40. The average molecular weight is 249 g/mol. The van der Waals surface area contributed by atoms with Gasteiger partial charge >= 0.3 is 11.9 Å². The number of ether oxygens (including phenoxy) is 1. The summed E-state index contributed by atoms with van der Waals surface area (Å²) in [5.74, 6) is -1.47. The Morgan fingerprint density at radius 2 is 2.17 bits per heavy atom. The van der Waals surface area contributed by atoms with E-state index >= 15 is 0 Å². The molecule has 0 bridgehead atoms. The van der Waals surface area contributed by atoms with Crippen molar-refractivity contribution in [3.8, 4) is 11.3 Å². The maximum atomic E-state index is 11.7. The van der Waals surface area contributed by atoms with E-state index in [1.54, 1.807) is 19.1 Å². The van der Waals surface area contributed by atoms with Crippen LogP contribution in [-0.2, 0) is 4.74 Å². The molecule has 2 aromatic heterocycles. The van der Waals surface area contributed by atoms with Crippen molar-refractivity contribution in [2.75, 3.05) is 7.11 Å². The Balaban J connectivity index is 2.73. The Morgan fingerprint density at radius 1 is 1.44 bits per heavy atom. The van der Waals surface area contributed by atoms with Crippen LogP contribution < -0.4 is 0 Å². The number of carboxylic acid groups (broad SMARTS) is 1. The normalized spacial score (nSPS) is 10.3. The van der Waals surface area contributed by atoms with E-state index in [0.717, 1.165) is 0 Å². The van der Waals surface area contributed by atoms with Gasteiger partial charge in [0.15, 0.2) is 0 Å². The fourth-order valence-corrected chi connectivity index (χ4v) is 1.81. The highest BCUT2D eigenvalue weighted by atomic mass is 16.5. The number of H-pyrrole nitrogens is 1. The number of furan rings is 1. The van der Waals surface area contributed by atoms with Crippen molar-refractivity contribution in [2.45, 2.75) is 6.92 Å². The molecule has 0 atom stereocenters. The number of aryl methyl sites for hydroxylation is 1. The second-order valence-corrected chi connectivity index (χ2v) is 3.65. The lowest BCUT2D eigenvalue weighted by atomic mass is 10.1. The molecular formula is C12H11NO5. The Hall–Kier alpha value is -2.50. The summed E-state index contributed by atoms with van der Waals surface area (Å²) in [6.45, 7) is 1.60. The van der Waals surface area contributed by atoms with E-state index in [-0.39, 0.29) is 16.8 Å². The summed E-state index contributed by atoms with van der Waals surface area (Å²) in [5, 5.41) is 9.13. The van der Waals surface area contributed by atoms with Crippen molar-refractivity contribution in [2.24, 2.45) is 0 Å². The van der Waals surface area contributed by atoms with Crippen LogP contribution in [0.5, 0.6) is 0 Å². The zero-order chi connectivity index (χ0) is 13.3. The summed E-state index contributed by atoms with van der Waals surface area (Å²) >= 11 is 0. The van der Waals surface area contributed by atoms with Gasteiger partial charge in [0.25, 0.3) is 0 Å². The minimum Gasteiger partial charge on any atom is -0.477 e. The van der Waals surface area contributed by atoms with Crippen LogP contribution in [0.2, 0.25) is 0 Å². The Bertz CT molecular complexity index is 594. The zero-order valence-corrected chi connectivity index (χ0v) is 9.81. The molecule has 0 aliphatic heterocycles. The highest BCUT2D eigenvalue weighted by Crippen LogP contribution is 2.31. The fourth-order valence-electron chi connectivity index (χ4n) is 1.81. The summed E-state index contributed by atoms with van der Waals surface area (Å²) in [4.78, 5) is 25.5. The van der Waals surface area contributed by atoms with Crippen molar-refractivity contribution in [1.82, 2.24) is 4.98 Å². The monoisotopic (exact) mass is 249 g/mol. The highest BCUT2D eigenvalue weighted by molar-refractivity contribution is 6.05. The molecule has 0 saturated carbocycles. The number of hydrogen-bond acceptors (Lipinski definition) is 4. The number of aromatic carboxylic acids is 1. The maximum Gasteiger partial charge on any atom is 0.353 e. The first-order chi connectivity index (χ1) is 8.56. The predicted octanol–water partition coefficient (Wildman–Crippen LogP) is 2.07. The van der Waals surface area contributed by atoms with Gasteiger partial charge in [-0.1, -0.05) is 0 Å². The van der Waals surface area contributed by atoms with Crippen molar-refractivity contribution in [3.05, 3.63) is 35.3 Å². The molecule has 6 nitrogen and oxygen atoms in total. The zero-order valence-electron chi connectivity index (χ0n) is 9.81. The number of nitrogens with one attached hydrogen (secondary N) is 1. The number of aromatic amines is 1. The number of carbonyl (C=O) groups is 2. The Labute approximate surface area is 102 Å². The van der Waals surface area contributed by atoms with Crippen LogP contribution in [0, 0.1) is 6.92 Å². The molecule has 18 heavy (non-hydrogen) atoms. The molecule has 2 aromatic rings. The van der Waals surface area contributed by atoms with Gasteiger partial charge in [-0.3, -0.25) is 0 Å². The summed E-state index contributed by atoms with van der Waals surface area (Å²) in [6.07, 6.45) is 1.41. The third-order valence-electron chi connectivity index (χ3n) is 2.56. The molecule has 0 saturated heterocycles. The Kier molecular flexibility index (Phi) is 2.93. The van der Waals surface area contributed by atoms with Gasteiger partial charge in [-0.25, -0.2) is 9.59 Å². The number of aromatic nitrogens is 1. The average Bonchev–Trinajstić information content (AvgIpc) is 2.94. The van der Waals surface area contributed by atoms with E-state index in [1.165, 1.54) is 13.4 Å². The quantitative estimate of drug-likeness (QED) is 0.812. The number of esters is 1. The van der Waals surface area contributed by atoms with E-state index in [2.05, 4.69) is 9.72 Å². The van der Waals surface area contributed by atoms with Crippen LogP contribution in [0.4, 0.5) is 0 Å². The molecule has 0 unspecified atom stereocenters.